The normalized spacial score (nSPS) is 30.0. The van der Waals surface area contributed by atoms with E-state index in [1.54, 1.807) is 18.2 Å². The van der Waals surface area contributed by atoms with Crippen LogP contribution in [0.4, 0.5) is 0 Å². The third-order valence-corrected chi connectivity index (χ3v) is 2.36. The fraction of sp³-hybridized carbons (Fsp3) is 0.364. The number of para-hydroxylation sites is 2. The molecule has 0 spiro atoms. The highest BCUT2D eigenvalue weighted by Crippen LogP contribution is 2.31. The second-order valence-corrected chi connectivity index (χ2v) is 3.37. The summed E-state index contributed by atoms with van der Waals surface area (Å²) in [6, 6.07) is 5.40. The van der Waals surface area contributed by atoms with Crippen LogP contribution < -0.4 is 14.8 Å². The van der Waals surface area contributed by atoms with E-state index in [1.807, 2.05) is 0 Å². The highest BCUT2D eigenvalue weighted by atomic mass is 16.6. The monoisotopic (exact) mass is 206 g/mol. The average Bonchev–Trinajstić information content (AvgIpc) is 2.75. The number of ether oxygens (including phenoxy) is 2. The van der Waals surface area contributed by atoms with Crippen molar-refractivity contribution in [2.75, 3.05) is 19.7 Å². The fourth-order valence-electron chi connectivity index (χ4n) is 1.64. The summed E-state index contributed by atoms with van der Waals surface area (Å²) in [5, 5.41) is 3.04. The molecule has 1 N–H and O–H groups in total. The third kappa shape index (κ3) is 1.52. The molecule has 0 bridgehead atoms. The van der Waals surface area contributed by atoms with Gasteiger partial charge < -0.3 is 14.8 Å². The quantitative estimate of drug-likeness (QED) is 0.740. The van der Waals surface area contributed by atoms with Gasteiger partial charge in [0.05, 0.1) is 9.26 Å². The van der Waals surface area contributed by atoms with Crippen LogP contribution >= 0.6 is 0 Å². The standard InChI is InChI=1S/C11H12N2O2/c1-2-4-9-8(3-1)14-7-10(15-9)11-12-5-6-13-11/h1-4,10H,5-7H2,(H,12,13)/i1D,5D/t5-,10?/m1/s1. The van der Waals surface area contributed by atoms with Crippen LogP contribution in [-0.2, 0) is 0 Å². The van der Waals surface area contributed by atoms with Crippen molar-refractivity contribution in [2.45, 2.75) is 6.10 Å². The van der Waals surface area contributed by atoms with Gasteiger partial charge in [-0.25, -0.2) is 0 Å². The first-order chi connectivity index (χ1) is 8.22. The van der Waals surface area contributed by atoms with E-state index in [0.29, 0.717) is 36.5 Å². The average molecular weight is 206 g/mol. The molecule has 3 rings (SSSR count). The van der Waals surface area contributed by atoms with Gasteiger partial charge in [0, 0.05) is 6.54 Å². The number of hydrogen-bond acceptors (Lipinski definition) is 4. The molecule has 0 saturated carbocycles. The summed E-state index contributed by atoms with van der Waals surface area (Å²) < 4.78 is 26.2. The first-order valence-electron chi connectivity index (χ1n) is 5.94. The van der Waals surface area contributed by atoms with Gasteiger partial charge in [-0.2, -0.15) is 0 Å². The Hall–Kier alpha value is -1.71. The van der Waals surface area contributed by atoms with Crippen molar-refractivity contribution in [2.24, 2.45) is 4.99 Å². The fourth-order valence-corrected chi connectivity index (χ4v) is 1.64. The summed E-state index contributed by atoms with van der Waals surface area (Å²) in [5.41, 5.74) is 0. The molecule has 4 nitrogen and oxygen atoms in total. The van der Waals surface area contributed by atoms with Crippen molar-refractivity contribution in [3.63, 3.8) is 0 Å². The Labute approximate surface area is 90.7 Å². The van der Waals surface area contributed by atoms with Gasteiger partial charge in [-0.15, -0.1) is 0 Å². The molecule has 2 heterocycles. The van der Waals surface area contributed by atoms with E-state index in [4.69, 9.17) is 12.2 Å². The predicted molar refractivity (Wildman–Crippen MR) is 56.7 cm³/mol. The number of rotatable bonds is 1. The van der Waals surface area contributed by atoms with Crippen LogP contribution in [0, 0.1) is 0 Å². The molecule has 2 aliphatic rings. The van der Waals surface area contributed by atoms with Crippen LogP contribution in [0.1, 0.15) is 2.74 Å². The maximum Gasteiger partial charge on any atom is 0.189 e. The van der Waals surface area contributed by atoms with Gasteiger partial charge in [-0.3, -0.25) is 4.99 Å². The Bertz CT molecular complexity index is 479. The van der Waals surface area contributed by atoms with Crippen molar-refractivity contribution in [3.05, 3.63) is 24.2 Å². The zero-order chi connectivity index (χ0) is 11.8. The minimum Gasteiger partial charge on any atom is -0.485 e. The van der Waals surface area contributed by atoms with Gasteiger partial charge in [-0.1, -0.05) is 12.1 Å². The van der Waals surface area contributed by atoms with Crippen LogP contribution in [0.3, 0.4) is 0 Å². The molecule has 1 aromatic carbocycles. The molecule has 0 amide bonds. The molecule has 1 unspecified atom stereocenters. The van der Waals surface area contributed by atoms with Crippen molar-refractivity contribution < 1.29 is 12.2 Å². The van der Waals surface area contributed by atoms with E-state index in [1.165, 1.54) is 0 Å². The van der Waals surface area contributed by atoms with Crippen molar-refractivity contribution in [1.29, 1.82) is 0 Å². The molecular weight excluding hydrogens is 192 g/mol. The zero-order valence-corrected chi connectivity index (χ0v) is 8.06. The second kappa shape index (κ2) is 3.46. The molecule has 2 aliphatic heterocycles. The molecule has 1 aromatic rings. The Morgan fingerprint density at radius 3 is 3.40 bits per heavy atom. The lowest BCUT2D eigenvalue weighted by Crippen LogP contribution is -2.42. The molecule has 15 heavy (non-hydrogen) atoms. The Morgan fingerprint density at radius 2 is 2.53 bits per heavy atom. The summed E-state index contributed by atoms with van der Waals surface area (Å²) in [7, 11) is 0. The van der Waals surface area contributed by atoms with E-state index in [9.17, 15) is 0 Å². The van der Waals surface area contributed by atoms with Gasteiger partial charge in [0.25, 0.3) is 0 Å². The van der Waals surface area contributed by atoms with Gasteiger partial charge in [0.2, 0.25) is 0 Å². The lowest BCUT2D eigenvalue weighted by molar-refractivity contribution is 0.133. The lowest BCUT2D eigenvalue weighted by atomic mass is 10.2. The van der Waals surface area contributed by atoms with Gasteiger partial charge in [0.15, 0.2) is 17.6 Å². The largest absolute Gasteiger partial charge is 0.485 e. The Kier molecular flexibility index (Phi) is 1.55. The highest BCUT2D eigenvalue weighted by Gasteiger charge is 2.26. The molecule has 0 aromatic heterocycles. The minimum atomic E-state index is -0.453. The van der Waals surface area contributed by atoms with Gasteiger partial charge in [-0.05, 0) is 12.1 Å². The first kappa shape index (κ1) is 6.71. The van der Waals surface area contributed by atoms with E-state index < -0.39 is 6.52 Å². The van der Waals surface area contributed by atoms with Crippen LogP contribution in [0.25, 0.3) is 0 Å². The number of amidine groups is 1. The topological polar surface area (TPSA) is 42.8 Å². The van der Waals surface area contributed by atoms with Crippen molar-refractivity contribution in [1.82, 2.24) is 5.32 Å². The predicted octanol–water partition coefficient (Wildman–Crippen LogP) is 0.828. The van der Waals surface area contributed by atoms with Crippen LogP contribution in [0.5, 0.6) is 11.5 Å². The second-order valence-electron chi connectivity index (χ2n) is 3.37. The molecule has 2 atom stereocenters. The molecule has 78 valence electrons. The number of hydrogen-bond donors (Lipinski definition) is 1. The Morgan fingerprint density at radius 1 is 1.53 bits per heavy atom. The summed E-state index contributed by atoms with van der Waals surface area (Å²) in [4.78, 5) is 4.13. The molecule has 4 heteroatoms. The molecule has 0 aliphatic carbocycles. The van der Waals surface area contributed by atoms with Crippen molar-refractivity contribution >= 4 is 5.84 Å². The van der Waals surface area contributed by atoms with E-state index in [2.05, 4.69) is 10.3 Å². The van der Waals surface area contributed by atoms with Crippen LogP contribution in [-0.4, -0.2) is 31.6 Å². The van der Waals surface area contributed by atoms with Gasteiger partial charge in [0.1, 0.15) is 12.4 Å². The lowest BCUT2D eigenvalue weighted by Gasteiger charge is -2.26. The SMILES string of the molecule is [2H]c1ccc2c(c1)OCC(C1=N[C@H]([2H])CN1)O2. The smallest absolute Gasteiger partial charge is 0.189 e. The number of nitrogens with one attached hydrogen (secondary N) is 1. The maximum atomic E-state index is 7.48. The van der Waals surface area contributed by atoms with Crippen LogP contribution in [0.15, 0.2) is 29.2 Å². The summed E-state index contributed by atoms with van der Waals surface area (Å²) >= 11 is 0. The number of nitrogens with zero attached hydrogens (tertiary/aromatic N) is 1. The number of benzene rings is 1. The van der Waals surface area contributed by atoms with Crippen LogP contribution in [0.2, 0.25) is 0 Å². The zero-order valence-electron chi connectivity index (χ0n) is 10.1. The van der Waals surface area contributed by atoms with Crippen molar-refractivity contribution in [3.8, 4) is 11.5 Å². The first-order valence-corrected chi connectivity index (χ1v) is 4.86. The van der Waals surface area contributed by atoms with E-state index >= 15 is 0 Å². The van der Waals surface area contributed by atoms with Gasteiger partial charge >= 0.3 is 0 Å². The third-order valence-electron chi connectivity index (χ3n) is 2.36. The Balaban J connectivity index is 1.81. The molecule has 0 radical (unpaired) electrons. The molecule has 0 saturated heterocycles. The maximum absolute atomic E-state index is 7.48. The summed E-state index contributed by atoms with van der Waals surface area (Å²) in [5.74, 6) is 1.88. The highest BCUT2D eigenvalue weighted by molar-refractivity contribution is 5.88. The minimum absolute atomic E-state index is 0.283. The summed E-state index contributed by atoms with van der Waals surface area (Å²) in [6.07, 6.45) is -0.283. The number of fused-ring (bicyclic) bond motifs is 1. The van der Waals surface area contributed by atoms with E-state index in [0.717, 1.165) is 0 Å². The molecule has 0 fully saturated rings. The van der Waals surface area contributed by atoms with E-state index in [-0.39, 0.29) is 6.10 Å². The number of aliphatic imine (C=N–C) groups is 1. The molecular formula is C11H12N2O2. The summed E-state index contributed by atoms with van der Waals surface area (Å²) in [6.45, 7) is 0.425.